The highest BCUT2D eigenvalue weighted by molar-refractivity contribution is 6.52. The van der Waals surface area contributed by atoms with Crippen molar-refractivity contribution in [3.63, 3.8) is 0 Å². The van der Waals surface area contributed by atoms with E-state index in [1.165, 1.54) is 0 Å². The lowest BCUT2D eigenvalue weighted by Crippen LogP contribution is -2.31. The van der Waals surface area contributed by atoms with Gasteiger partial charge in [0, 0.05) is 12.6 Å². The summed E-state index contributed by atoms with van der Waals surface area (Å²) in [5.74, 6) is -5.38. The molecule has 0 fully saturated rings. The second-order valence-corrected chi connectivity index (χ2v) is 3.71. The van der Waals surface area contributed by atoms with Crippen molar-refractivity contribution in [3.8, 4) is 0 Å². The Morgan fingerprint density at radius 3 is 2.56 bits per heavy atom. The summed E-state index contributed by atoms with van der Waals surface area (Å²) in [5.41, 5.74) is -0.726. The van der Waals surface area contributed by atoms with Gasteiger partial charge in [-0.3, -0.25) is 14.4 Å². The van der Waals surface area contributed by atoms with E-state index >= 15 is 0 Å². The van der Waals surface area contributed by atoms with Crippen molar-refractivity contribution in [3.05, 3.63) is 29.3 Å². The highest BCUT2D eigenvalue weighted by Gasteiger charge is 2.38. The zero-order valence-electron chi connectivity index (χ0n) is 8.94. The van der Waals surface area contributed by atoms with E-state index < -0.39 is 41.3 Å². The van der Waals surface area contributed by atoms with Crippen LogP contribution in [0.1, 0.15) is 16.8 Å². The lowest BCUT2D eigenvalue weighted by Gasteiger charge is -2.14. The minimum atomic E-state index is -1.18. The minimum Gasteiger partial charge on any atom is -0.481 e. The number of benzene rings is 1. The first-order valence-corrected chi connectivity index (χ1v) is 4.99. The average molecular weight is 255 g/mol. The molecule has 5 nitrogen and oxygen atoms in total. The SMILES string of the molecule is O=C(O)CCN1C(=O)C(=O)c2c(F)cc(F)cc21. The number of hydrogen-bond donors (Lipinski definition) is 1. The number of aliphatic carboxylic acids is 1. The fourth-order valence-corrected chi connectivity index (χ4v) is 1.77. The number of rotatable bonds is 3. The van der Waals surface area contributed by atoms with Gasteiger partial charge in [-0.25, -0.2) is 8.78 Å². The predicted molar refractivity (Wildman–Crippen MR) is 55.3 cm³/mol. The van der Waals surface area contributed by atoms with E-state index in [9.17, 15) is 23.2 Å². The summed E-state index contributed by atoms with van der Waals surface area (Å²) < 4.78 is 26.4. The van der Waals surface area contributed by atoms with Crippen LogP contribution in [0.3, 0.4) is 0 Å². The molecule has 1 N–H and O–H groups in total. The lowest BCUT2D eigenvalue weighted by molar-refractivity contribution is -0.136. The molecule has 0 aliphatic carbocycles. The van der Waals surface area contributed by atoms with Crippen LogP contribution in [0.4, 0.5) is 14.5 Å². The molecule has 1 aromatic rings. The summed E-state index contributed by atoms with van der Waals surface area (Å²) in [5, 5.41) is 8.51. The number of carboxylic acid groups (broad SMARTS) is 1. The molecule has 94 valence electrons. The first-order valence-electron chi connectivity index (χ1n) is 4.99. The van der Waals surface area contributed by atoms with E-state index in [4.69, 9.17) is 5.11 Å². The summed E-state index contributed by atoms with van der Waals surface area (Å²) >= 11 is 0. The summed E-state index contributed by atoms with van der Waals surface area (Å²) in [6.45, 7) is -0.310. The Kier molecular flexibility index (Phi) is 2.82. The summed E-state index contributed by atoms with van der Waals surface area (Å²) in [6, 6.07) is 1.34. The van der Waals surface area contributed by atoms with E-state index in [0.717, 1.165) is 11.0 Å². The normalized spacial score (nSPS) is 14.0. The van der Waals surface area contributed by atoms with Gasteiger partial charge in [0.05, 0.1) is 17.7 Å². The Morgan fingerprint density at radius 2 is 1.94 bits per heavy atom. The van der Waals surface area contributed by atoms with Gasteiger partial charge in [0.2, 0.25) is 0 Å². The third-order valence-corrected chi connectivity index (χ3v) is 2.54. The standard InChI is InChI=1S/C11H7F2NO4/c12-5-3-6(13)9-7(4-5)14(2-1-8(15)16)11(18)10(9)17/h3-4H,1-2H2,(H,15,16). The topological polar surface area (TPSA) is 74.7 Å². The molecule has 18 heavy (non-hydrogen) atoms. The van der Waals surface area contributed by atoms with Crippen LogP contribution >= 0.6 is 0 Å². The molecule has 0 atom stereocenters. The number of carboxylic acids is 1. The highest BCUT2D eigenvalue weighted by Crippen LogP contribution is 2.31. The molecule has 0 radical (unpaired) electrons. The summed E-state index contributed by atoms with van der Waals surface area (Å²) in [4.78, 5) is 34.2. The van der Waals surface area contributed by atoms with Gasteiger partial charge in [-0.1, -0.05) is 0 Å². The zero-order valence-corrected chi connectivity index (χ0v) is 8.94. The Hall–Kier alpha value is -2.31. The van der Waals surface area contributed by atoms with Gasteiger partial charge >= 0.3 is 5.97 Å². The number of Topliss-reactive ketones (excluding diaryl/α,β-unsaturated/α-hetero) is 1. The average Bonchev–Trinajstić information content (AvgIpc) is 2.49. The monoisotopic (exact) mass is 255 g/mol. The number of carbonyl (C=O) groups excluding carboxylic acids is 2. The van der Waals surface area contributed by atoms with Gasteiger partial charge in [0.1, 0.15) is 11.6 Å². The lowest BCUT2D eigenvalue weighted by atomic mass is 10.1. The molecular formula is C11H7F2NO4. The van der Waals surface area contributed by atoms with Crippen molar-refractivity contribution >= 4 is 23.3 Å². The Labute approximate surface area is 99.6 Å². The molecular weight excluding hydrogens is 248 g/mol. The van der Waals surface area contributed by atoms with E-state index in [1.54, 1.807) is 0 Å². The molecule has 7 heteroatoms. The summed E-state index contributed by atoms with van der Waals surface area (Å²) in [7, 11) is 0. The molecule has 0 unspecified atom stereocenters. The maximum atomic E-state index is 13.4. The molecule has 2 rings (SSSR count). The van der Waals surface area contributed by atoms with Gasteiger partial charge in [0.25, 0.3) is 11.7 Å². The number of hydrogen-bond acceptors (Lipinski definition) is 3. The molecule has 1 aliphatic heterocycles. The molecule has 1 aromatic carbocycles. The van der Waals surface area contributed by atoms with Gasteiger partial charge < -0.3 is 10.0 Å². The van der Waals surface area contributed by atoms with Gasteiger partial charge in [0.15, 0.2) is 0 Å². The number of amides is 1. The van der Waals surface area contributed by atoms with Crippen LogP contribution in [-0.4, -0.2) is 29.3 Å². The fourth-order valence-electron chi connectivity index (χ4n) is 1.77. The second kappa shape index (κ2) is 4.17. The zero-order chi connectivity index (χ0) is 13.4. The number of anilines is 1. The van der Waals surface area contributed by atoms with Crippen LogP contribution in [0.5, 0.6) is 0 Å². The maximum Gasteiger partial charge on any atom is 0.305 e. The van der Waals surface area contributed by atoms with E-state index in [1.807, 2.05) is 0 Å². The van der Waals surface area contributed by atoms with Crippen molar-refractivity contribution in [2.75, 3.05) is 11.4 Å². The van der Waals surface area contributed by atoms with Crippen LogP contribution in [0.15, 0.2) is 12.1 Å². The Bertz CT molecular complexity index is 570. The third kappa shape index (κ3) is 1.83. The predicted octanol–water partition coefficient (Wildman–Crippen LogP) is 0.969. The van der Waals surface area contributed by atoms with Crippen molar-refractivity contribution < 1.29 is 28.3 Å². The second-order valence-electron chi connectivity index (χ2n) is 3.71. The number of fused-ring (bicyclic) bond motifs is 1. The van der Waals surface area contributed by atoms with E-state index in [0.29, 0.717) is 6.07 Å². The van der Waals surface area contributed by atoms with Crippen LogP contribution in [0, 0.1) is 11.6 Å². The molecule has 0 aromatic heterocycles. The third-order valence-electron chi connectivity index (χ3n) is 2.54. The highest BCUT2D eigenvalue weighted by atomic mass is 19.1. The van der Waals surface area contributed by atoms with Gasteiger partial charge in [-0.15, -0.1) is 0 Å². The Balaban J connectivity index is 2.44. The number of carbonyl (C=O) groups is 3. The minimum absolute atomic E-state index is 0.219. The van der Waals surface area contributed by atoms with Crippen LogP contribution < -0.4 is 4.90 Å². The largest absolute Gasteiger partial charge is 0.481 e. The molecule has 0 saturated carbocycles. The fraction of sp³-hybridized carbons (Fsp3) is 0.182. The first-order chi connectivity index (χ1) is 8.41. The van der Waals surface area contributed by atoms with Crippen LogP contribution in [0.2, 0.25) is 0 Å². The molecule has 1 heterocycles. The van der Waals surface area contributed by atoms with Gasteiger partial charge in [-0.2, -0.15) is 0 Å². The van der Waals surface area contributed by atoms with Crippen molar-refractivity contribution in [1.82, 2.24) is 0 Å². The molecule has 1 amide bonds. The summed E-state index contributed by atoms with van der Waals surface area (Å²) in [6.07, 6.45) is -0.420. The molecule has 0 spiro atoms. The Morgan fingerprint density at radius 1 is 1.28 bits per heavy atom. The maximum absolute atomic E-state index is 13.4. The van der Waals surface area contributed by atoms with Gasteiger partial charge in [-0.05, 0) is 6.07 Å². The molecule has 0 bridgehead atoms. The quantitative estimate of drug-likeness (QED) is 0.816. The number of nitrogens with zero attached hydrogens (tertiary/aromatic N) is 1. The van der Waals surface area contributed by atoms with E-state index in [-0.39, 0.29) is 12.2 Å². The number of ketones is 1. The van der Waals surface area contributed by atoms with Crippen LogP contribution in [0.25, 0.3) is 0 Å². The first kappa shape index (κ1) is 12.2. The molecule has 1 aliphatic rings. The van der Waals surface area contributed by atoms with Crippen molar-refractivity contribution in [2.45, 2.75) is 6.42 Å². The number of halogens is 2. The smallest absolute Gasteiger partial charge is 0.305 e. The molecule has 0 saturated heterocycles. The van der Waals surface area contributed by atoms with Crippen molar-refractivity contribution in [1.29, 1.82) is 0 Å². The van der Waals surface area contributed by atoms with Crippen LogP contribution in [-0.2, 0) is 9.59 Å². The van der Waals surface area contributed by atoms with Crippen molar-refractivity contribution in [2.24, 2.45) is 0 Å². The van der Waals surface area contributed by atoms with E-state index in [2.05, 4.69) is 0 Å².